The molecule has 2 bridgehead atoms. The summed E-state index contributed by atoms with van der Waals surface area (Å²) in [6.07, 6.45) is 3.04. The van der Waals surface area contributed by atoms with Crippen molar-refractivity contribution in [2.45, 2.75) is 256 Å². The summed E-state index contributed by atoms with van der Waals surface area (Å²) in [6, 6.07) is -10.5. The minimum atomic E-state index is -4.53. The Kier molecular flexibility index (Phi) is 31.1. The molecule has 0 aromatic rings. The number of nitrogens with one attached hydrogen (secondary N) is 3. The quantitative estimate of drug-likeness (QED) is 0.174. The molecule has 4 aliphatic carbocycles. The van der Waals surface area contributed by atoms with E-state index in [9.17, 15) is 46.7 Å². The van der Waals surface area contributed by atoms with Gasteiger partial charge in [-0.05, 0) is 165 Å². The topological polar surface area (TPSA) is 306 Å². The molecule has 0 radical (unpaired) electrons. The van der Waals surface area contributed by atoms with Crippen molar-refractivity contribution in [3.8, 4) is 0 Å². The lowest BCUT2D eigenvalue weighted by Gasteiger charge is -2.54. The van der Waals surface area contributed by atoms with E-state index in [2.05, 4.69) is 16.0 Å². The third kappa shape index (κ3) is 21.2. The highest BCUT2D eigenvalue weighted by Crippen LogP contribution is 2.50. The van der Waals surface area contributed by atoms with Crippen molar-refractivity contribution in [1.29, 1.82) is 0 Å². The standard InChI is InChI=1S/C78H125F3N12O15/c1-17-48(5)65-73(104)87(11)43-64(97)88(12)56-27-21-20-24-36-92(72(56)103)59(38-50-28-32-52(33-29-50)49(6)94)71(102)86(10)42-62(95)82-55(35-31-51-30-34-54(78(79,80)81)61(39-51)107-16)69(100)93-41-47(4)37-57(93)68(99)84-77(45-76(7,8)46-77)75(106)91(15)66(53-25-22-23-26-53)74(105)90(14)58(70(101)85(9)18-2)40-63(96)89(13)60(44-108-19-3)67(98)83-65/h20-21,47-48,50-61,65-66H,17-19,22-46H2,1-16H3,(H,82,95)(H,83,98)(H,84,99)/b21-20-/t47-,48-,50?,51?,52?,54?,55-,56-,57-,58-,59-,60-,61?,65-,66-/m0/s1. The number of methoxy groups -OCH3 is 1. The van der Waals surface area contributed by atoms with Gasteiger partial charge in [-0.25, -0.2) is 0 Å². The highest BCUT2D eigenvalue weighted by molar-refractivity contribution is 6.01. The Morgan fingerprint density at radius 3 is 1.93 bits per heavy atom. The highest BCUT2D eigenvalue weighted by Gasteiger charge is 2.59. The number of hydrogen-bond acceptors (Lipinski definition) is 15. The largest absolute Gasteiger partial charge is 0.394 e. The summed E-state index contributed by atoms with van der Waals surface area (Å²) in [7, 11) is 11.2. The first-order valence-electron chi connectivity index (χ1n) is 39.4. The van der Waals surface area contributed by atoms with Crippen LogP contribution in [0.2, 0.25) is 0 Å². The fourth-order valence-corrected chi connectivity index (χ4v) is 18.0. The van der Waals surface area contributed by atoms with Crippen LogP contribution in [0.4, 0.5) is 13.2 Å². The molecule has 4 saturated carbocycles. The van der Waals surface area contributed by atoms with Crippen LogP contribution in [0.5, 0.6) is 0 Å². The average Bonchev–Trinajstić information content (AvgIpc) is 0.880. The van der Waals surface area contributed by atoms with Gasteiger partial charge in [-0.15, -0.1) is 0 Å². The zero-order valence-corrected chi connectivity index (χ0v) is 67.0. The molecule has 0 aromatic carbocycles. The molecule has 1 spiro atoms. The normalized spacial score (nSPS) is 31.5. The second kappa shape index (κ2) is 38.1. The van der Waals surface area contributed by atoms with Gasteiger partial charge >= 0.3 is 6.18 Å². The van der Waals surface area contributed by atoms with Crippen LogP contribution >= 0.6 is 0 Å². The number of carbonyl (C=O) groups is 13. The molecule has 608 valence electrons. The fourth-order valence-electron chi connectivity index (χ4n) is 18.0. The zero-order valence-electron chi connectivity index (χ0n) is 67.0. The van der Waals surface area contributed by atoms with Gasteiger partial charge in [0.2, 0.25) is 70.9 Å². The van der Waals surface area contributed by atoms with E-state index in [0.29, 0.717) is 51.4 Å². The van der Waals surface area contributed by atoms with Crippen LogP contribution in [0.1, 0.15) is 190 Å². The molecule has 3 unspecified atom stereocenters. The number of rotatable bonds is 15. The number of carbonyl (C=O) groups excluding carboxylic acids is 13. The number of ketones is 1. The molecule has 3 heterocycles. The molecule has 3 N–H and O–H groups in total. The Morgan fingerprint density at radius 1 is 0.694 bits per heavy atom. The van der Waals surface area contributed by atoms with Gasteiger partial charge in [-0.1, -0.05) is 66.0 Å². The second-order valence-electron chi connectivity index (χ2n) is 33.2. The number of amides is 12. The van der Waals surface area contributed by atoms with Gasteiger partial charge in [0, 0.05) is 88.6 Å². The Balaban J connectivity index is 1.33. The molecule has 108 heavy (non-hydrogen) atoms. The van der Waals surface area contributed by atoms with E-state index in [4.69, 9.17) is 9.47 Å². The summed E-state index contributed by atoms with van der Waals surface area (Å²) >= 11 is 0. The minimum absolute atomic E-state index is 0.00699. The maximum absolute atomic E-state index is 15.8. The first kappa shape index (κ1) is 88.0. The van der Waals surface area contributed by atoms with Gasteiger partial charge in [-0.3, -0.25) is 62.3 Å². The molecule has 6 fully saturated rings. The number of ether oxygens (including phenoxy) is 2. The summed E-state index contributed by atoms with van der Waals surface area (Å²) in [4.78, 5) is 207. The number of halogens is 3. The van der Waals surface area contributed by atoms with Gasteiger partial charge in [-0.2, -0.15) is 13.2 Å². The zero-order chi connectivity index (χ0) is 80.2. The molecule has 2 saturated heterocycles. The van der Waals surface area contributed by atoms with Crippen LogP contribution in [-0.4, -0.2) is 289 Å². The monoisotopic (exact) mass is 1530 g/mol. The molecular weight excluding hydrogens is 1400 g/mol. The second-order valence-corrected chi connectivity index (χ2v) is 33.2. The predicted molar refractivity (Wildman–Crippen MR) is 396 cm³/mol. The maximum atomic E-state index is 15.8. The third-order valence-corrected chi connectivity index (χ3v) is 24.8. The van der Waals surface area contributed by atoms with Gasteiger partial charge in [0.05, 0.1) is 38.1 Å². The summed E-state index contributed by atoms with van der Waals surface area (Å²) in [5.74, 6) is -11.9. The number of nitrogens with zero attached hydrogens (tertiary/aromatic N) is 9. The van der Waals surface area contributed by atoms with Gasteiger partial charge in [0.25, 0.3) is 0 Å². The minimum Gasteiger partial charge on any atom is -0.381 e. The summed E-state index contributed by atoms with van der Waals surface area (Å²) in [5, 5.41) is 8.82. The number of Topliss-reactive ketones (excluding diaryl/α,β-unsaturated/α-hetero) is 1. The summed E-state index contributed by atoms with van der Waals surface area (Å²) in [6.45, 7) is 12.9. The lowest BCUT2D eigenvalue weighted by Crippen LogP contribution is -2.71. The van der Waals surface area contributed by atoms with E-state index in [1.54, 1.807) is 33.8 Å². The Morgan fingerprint density at radius 2 is 1.33 bits per heavy atom. The Labute approximate surface area is 636 Å². The van der Waals surface area contributed by atoms with Gasteiger partial charge < -0.3 is 69.5 Å². The van der Waals surface area contributed by atoms with Crippen molar-refractivity contribution < 1.29 is 85.0 Å². The van der Waals surface area contributed by atoms with Crippen molar-refractivity contribution >= 4 is 76.7 Å². The fraction of sp³-hybridized carbons (Fsp3) is 0.808. The van der Waals surface area contributed by atoms with E-state index in [0.717, 1.165) is 27.5 Å². The molecule has 27 nitrogen and oxygen atoms in total. The van der Waals surface area contributed by atoms with Crippen molar-refractivity contribution in [3.63, 3.8) is 0 Å². The van der Waals surface area contributed by atoms with Crippen LogP contribution in [0, 0.1) is 46.8 Å². The highest BCUT2D eigenvalue weighted by atomic mass is 19.4. The summed E-state index contributed by atoms with van der Waals surface area (Å²) < 4.78 is 54.2. The molecular formula is C78H125F3N12O15. The number of alkyl halides is 3. The molecule has 7 aliphatic rings. The van der Waals surface area contributed by atoms with Crippen LogP contribution in [-0.2, 0) is 71.8 Å². The lowest BCUT2D eigenvalue weighted by molar-refractivity contribution is -0.215. The van der Waals surface area contributed by atoms with E-state index < -0.39 is 180 Å². The number of likely N-dealkylation sites (N-methyl/N-ethyl adjacent to an activating group) is 7. The smallest absolute Gasteiger partial charge is 0.381 e. The van der Waals surface area contributed by atoms with Gasteiger partial charge in [0.15, 0.2) is 0 Å². The van der Waals surface area contributed by atoms with Crippen LogP contribution in [0.3, 0.4) is 0 Å². The molecule has 30 heteroatoms. The van der Waals surface area contributed by atoms with Gasteiger partial charge in [0.1, 0.15) is 59.7 Å². The van der Waals surface area contributed by atoms with Crippen LogP contribution < -0.4 is 16.0 Å². The van der Waals surface area contributed by atoms with Crippen molar-refractivity contribution in [1.82, 2.24) is 60.0 Å². The lowest BCUT2D eigenvalue weighted by atomic mass is 9.58. The first-order chi connectivity index (χ1) is 50.7. The molecule has 3 aliphatic heterocycles. The van der Waals surface area contributed by atoms with Crippen molar-refractivity contribution in [3.05, 3.63) is 12.2 Å². The van der Waals surface area contributed by atoms with Crippen LogP contribution in [0.15, 0.2) is 12.2 Å². The third-order valence-electron chi connectivity index (χ3n) is 24.8. The van der Waals surface area contributed by atoms with Crippen LogP contribution in [0.25, 0.3) is 0 Å². The summed E-state index contributed by atoms with van der Waals surface area (Å²) in [5.41, 5.74) is -2.15. The average molecular weight is 1530 g/mol. The Bertz CT molecular complexity index is 3260. The first-order valence-corrected chi connectivity index (χ1v) is 39.4. The Hall–Kier alpha value is -7.24. The van der Waals surface area contributed by atoms with Crippen molar-refractivity contribution in [2.75, 3.05) is 102 Å². The SMILES string of the molecule is CCOC[C@H]1C(=O)N[C@@H]([C@@H](C)CC)C(=O)N(C)CC(=O)N(C)[C@H]2C/C=C\CCN(C2=O)[C@@H](CC2CCC(C(C)=O)CC2)C(=O)N(C)CC(=O)N[C@@H](CCC2CCC(C(F)(F)F)C(OC)C2)C(=O)N2C[C@@H](C)C[C@H]2C(=O)NC2(CC(C)(C)C2)C(=O)N(C)[C@@H](C2CCCC2)C(=O)N(C)[C@H](C(=O)N(C)CC)CC(=O)N1C. The van der Waals surface area contributed by atoms with E-state index in [1.165, 1.54) is 85.8 Å². The molecule has 7 rings (SSSR count). The van der Waals surface area contributed by atoms with E-state index in [-0.39, 0.29) is 127 Å². The van der Waals surface area contributed by atoms with Crippen molar-refractivity contribution in [2.24, 2.45) is 46.8 Å². The maximum Gasteiger partial charge on any atom is 0.394 e. The van der Waals surface area contributed by atoms with E-state index >= 15 is 28.8 Å². The van der Waals surface area contributed by atoms with E-state index in [1.807, 2.05) is 33.8 Å². The predicted octanol–water partition coefficient (Wildman–Crippen LogP) is 5.35. The molecule has 0 aromatic heterocycles. The molecule has 12 amide bonds. The number of fused-ring (bicyclic) bond motifs is 3. The number of hydrogen-bond donors (Lipinski definition) is 3. The molecule has 13 atom stereocenters.